The fourth-order valence-corrected chi connectivity index (χ4v) is 2.66. The minimum atomic E-state index is -0.657. The summed E-state index contributed by atoms with van der Waals surface area (Å²) in [5.41, 5.74) is 3.00. The predicted molar refractivity (Wildman–Crippen MR) is 85.2 cm³/mol. The fraction of sp³-hybridized carbons (Fsp3) is 0.294. The Morgan fingerprint density at radius 2 is 1.85 bits per heavy atom. The Labute approximate surface area is 128 Å². The maximum absolute atomic E-state index is 10.5. The van der Waals surface area contributed by atoms with E-state index in [9.17, 15) is 5.11 Å². The molecule has 0 aromatic heterocycles. The number of halogens is 1. The van der Waals surface area contributed by atoms with Crippen LogP contribution in [0.3, 0.4) is 0 Å². The van der Waals surface area contributed by atoms with Crippen molar-refractivity contribution >= 4 is 15.9 Å². The fourth-order valence-electron chi connectivity index (χ4n) is 2.19. The Morgan fingerprint density at radius 3 is 2.45 bits per heavy atom. The van der Waals surface area contributed by atoms with Gasteiger partial charge in [-0.2, -0.15) is 0 Å². The van der Waals surface area contributed by atoms with Gasteiger partial charge in [-0.25, -0.2) is 0 Å². The lowest BCUT2D eigenvalue weighted by Gasteiger charge is -2.15. The summed E-state index contributed by atoms with van der Waals surface area (Å²) in [6, 6.07) is 13.7. The van der Waals surface area contributed by atoms with Crippen molar-refractivity contribution in [2.24, 2.45) is 0 Å². The highest BCUT2D eigenvalue weighted by Gasteiger charge is 2.14. The van der Waals surface area contributed by atoms with Gasteiger partial charge in [-0.1, -0.05) is 53.5 Å². The first-order valence-corrected chi connectivity index (χ1v) is 7.55. The number of hydrogen-bond acceptors (Lipinski definition) is 2. The van der Waals surface area contributed by atoms with Crippen LogP contribution in [0.25, 0.3) is 0 Å². The van der Waals surface area contributed by atoms with Gasteiger partial charge in [0.15, 0.2) is 0 Å². The molecule has 0 aliphatic heterocycles. The lowest BCUT2D eigenvalue weighted by Crippen LogP contribution is -2.01. The van der Waals surface area contributed by atoms with Crippen molar-refractivity contribution in [3.63, 3.8) is 0 Å². The molecule has 0 radical (unpaired) electrons. The molecule has 0 aliphatic carbocycles. The Kier molecular flexibility index (Phi) is 5.21. The Hall–Kier alpha value is -1.32. The molecule has 2 aromatic rings. The van der Waals surface area contributed by atoms with E-state index in [-0.39, 0.29) is 0 Å². The Morgan fingerprint density at radius 1 is 1.15 bits per heavy atom. The topological polar surface area (TPSA) is 29.5 Å². The van der Waals surface area contributed by atoms with E-state index in [0.717, 1.165) is 34.2 Å². The van der Waals surface area contributed by atoms with Crippen LogP contribution in [0.1, 0.15) is 36.1 Å². The predicted octanol–water partition coefficient (Wildman–Crippen LogP) is 4.49. The van der Waals surface area contributed by atoms with Crippen molar-refractivity contribution in [1.82, 2.24) is 0 Å². The second-order valence-electron chi connectivity index (χ2n) is 4.78. The van der Waals surface area contributed by atoms with Crippen LogP contribution >= 0.6 is 15.9 Å². The van der Waals surface area contributed by atoms with Crippen LogP contribution in [-0.2, 0) is 6.42 Å². The molecule has 3 heteroatoms. The summed E-state index contributed by atoms with van der Waals surface area (Å²) in [5, 5.41) is 10.5. The molecule has 0 amide bonds. The van der Waals surface area contributed by atoms with Gasteiger partial charge in [0.05, 0.1) is 7.11 Å². The van der Waals surface area contributed by atoms with Crippen molar-refractivity contribution in [2.45, 2.75) is 25.9 Å². The Balaban J connectivity index is 2.28. The number of methoxy groups -OCH3 is 1. The van der Waals surface area contributed by atoms with Crippen LogP contribution in [0.4, 0.5) is 0 Å². The quantitative estimate of drug-likeness (QED) is 0.872. The molecule has 106 valence electrons. The molecular weight excluding hydrogens is 316 g/mol. The van der Waals surface area contributed by atoms with Crippen molar-refractivity contribution < 1.29 is 9.84 Å². The van der Waals surface area contributed by atoms with E-state index < -0.39 is 6.10 Å². The monoisotopic (exact) mass is 334 g/mol. The first kappa shape index (κ1) is 15.1. The van der Waals surface area contributed by atoms with Gasteiger partial charge in [0.2, 0.25) is 0 Å². The number of hydrogen-bond donors (Lipinski definition) is 1. The zero-order valence-electron chi connectivity index (χ0n) is 11.8. The van der Waals surface area contributed by atoms with Crippen molar-refractivity contribution in [2.75, 3.05) is 7.11 Å². The van der Waals surface area contributed by atoms with Crippen molar-refractivity contribution in [1.29, 1.82) is 0 Å². The van der Waals surface area contributed by atoms with Gasteiger partial charge >= 0.3 is 0 Å². The van der Waals surface area contributed by atoms with Crippen LogP contribution in [0, 0.1) is 0 Å². The van der Waals surface area contributed by atoms with E-state index in [4.69, 9.17) is 4.74 Å². The molecule has 0 heterocycles. The van der Waals surface area contributed by atoms with Gasteiger partial charge in [0, 0.05) is 10.0 Å². The maximum atomic E-state index is 10.5. The molecule has 20 heavy (non-hydrogen) atoms. The Bertz CT molecular complexity index is 564. The minimum absolute atomic E-state index is 0.657. The average molecular weight is 335 g/mol. The smallest absolute Gasteiger partial charge is 0.119 e. The molecule has 2 aromatic carbocycles. The molecule has 2 rings (SSSR count). The summed E-state index contributed by atoms with van der Waals surface area (Å²) in [5.74, 6) is 0.741. The lowest BCUT2D eigenvalue weighted by molar-refractivity contribution is 0.219. The van der Waals surface area contributed by atoms with E-state index >= 15 is 0 Å². The first-order chi connectivity index (χ1) is 9.65. The average Bonchev–Trinajstić information content (AvgIpc) is 2.48. The summed E-state index contributed by atoms with van der Waals surface area (Å²) < 4.78 is 6.09. The molecule has 1 N–H and O–H groups in total. The van der Waals surface area contributed by atoms with E-state index in [0.29, 0.717) is 0 Å². The molecule has 0 aliphatic rings. The minimum Gasteiger partial charge on any atom is -0.497 e. The SMILES string of the molecule is CCCc1ccc(C(O)c2cc(OC)ccc2Br)cc1. The summed E-state index contributed by atoms with van der Waals surface area (Å²) in [7, 11) is 1.62. The summed E-state index contributed by atoms with van der Waals surface area (Å²) >= 11 is 3.48. The second-order valence-corrected chi connectivity index (χ2v) is 5.64. The molecule has 1 unspecified atom stereocenters. The number of aryl methyl sites for hydroxylation is 1. The summed E-state index contributed by atoms with van der Waals surface area (Å²) in [6.45, 7) is 2.16. The number of benzene rings is 2. The van der Waals surface area contributed by atoms with Gasteiger partial charge in [0.25, 0.3) is 0 Å². The van der Waals surface area contributed by atoms with E-state index in [2.05, 4.69) is 35.0 Å². The van der Waals surface area contributed by atoms with Gasteiger partial charge in [-0.3, -0.25) is 0 Å². The van der Waals surface area contributed by atoms with Crippen LogP contribution < -0.4 is 4.74 Å². The number of ether oxygens (including phenoxy) is 1. The molecule has 0 bridgehead atoms. The summed E-state index contributed by atoms with van der Waals surface area (Å²) in [4.78, 5) is 0. The third kappa shape index (κ3) is 3.41. The standard InChI is InChI=1S/C17H19BrO2/c1-3-4-12-5-7-13(8-6-12)17(19)15-11-14(20-2)9-10-16(15)18/h5-11,17,19H,3-4H2,1-2H3. The molecular formula is C17H19BrO2. The van der Waals surface area contributed by atoms with Crippen LogP contribution in [-0.4, -0.2) is 12.2 Å². The number of rotatable bonds is 5. The largest absolute Gasteiger partial charge is 0.497 e. The van der Waals surface area contributed by atoms with Crippen molar-refractivity contribution in [3.05, 3.63) is 63.6 Å². The maximum Gasteiger partial charge on any atom is 0.119 e. The third-order valence-electron chi connectivity index (χ3n) is 3.33. The highest BCUT2D eigenvalue weighted by molar-refractivity contribution is 9.10. The van der Waals surface area contributed by atoms with Crippen molar-refractivity contribution in [3.8, 4) is 5.75 Å². The van der Waals surface area contributed by atoms with Crippen LogP contribution in [0.2, 0.25) is 0 Å². The first-order valence-electron chi connectivity index (χ1n) is 6.76. The molecule has 0 saturated heterocycles. The zero-order valence-corrected chi connectivity index (χ0v) is 13.4. The number of aliphatic hydroxyl groups excluding tert-OH is 1. The molecule has 0 spiro atoms. The highest BCUT2D eigenvalue weighted by Crippen LogP contribution is 2.31. The van der Waals surface area contributed by atoms with E-state index in [1.165, 1.54) is 5.56 Å². The van der Waals surface area contributed by atoms with E-state index in [1.54, 1.807) is 7.11 Å². The van der Waals surface area contributed by atoms with Gasteiger partial charge in [0.1, 0.15) is 11.9 Å². The molecule has 1 atom stereocenters. The molecule has 2 nitrogen and oxygen atoms in total. The highest BCUT2D eigenvalue weighted by atomic mass is 79.9. The van der Waals surface area contributed by atoms with Gasteiger partial charge in [-0.15, -0.1) is 0 Å². The van der Waals surface area contributed by atoms with Crippen LogP contribution in [0.15, 0.2) is 46.9 Å². The third-order valence-corrected chi connectivity index (χ3v) is 4.05. The normalized spacial score (nSPS) is 12.2. The number of aliphatic hydroxyl groups is 1. The second kappa shape index (κ2) is 6.91. The summed E-state index contributed by atoms with van der Waals surface area (Å²) in [6.07, 6.45) is 1.54. The lowest BCUT2D eigenvalue weighted by atomic mass is 9.99. The van der Waals surface area contributed by atoms with Gasteiger partial charge in [-0.05, 0) is 35.7 Å². The molecule has 0 fully saturated rings. The van der Waals surface area contributed by atoms with Gasteiger partial charge < -0.3 is 9.84 Å². The zero-order chi connectivity index (χ0) is 14.5. The van der Waals surface area contributed by atoms with E-state index in [1.807, 2.05) is 30.3 Å². The van der Waals surface area contributed by atoms with Crippen LogP contribution in [0.5, 0.6) is 5.75 Å². The molecule has 0 saturated carbocycles.